The summed E-state index contributed by atoms with van der Waals surface area (Å²) in [6, 6.07) is 4.32. The van der Waals surface area contributed by atoms with Crippen LogP contribution in [-0.2, 0) is 0 Å². The number of ketones is 1. The van der Waals surface area contributed by atoms with Crippen LogP contribution < -0.4 is 0 Å². The minimum atomic E-state index is 0.185. The normalized spacial score (nSPS) is 17.0. The predicted molar refractivity (Wildman–Crippen MR) is 55.4 cm³/mol. The molecule has 0 radical (unpaired) electrons. The molecule has 0 bridgehead atoms. The second-order valence-corrected chi connectivity index (χ2v) is 4.01. The molecule has 76 valence electrons. The maximum absolute atomic E-state index is 11.7. The molecule has 0 unspecified atom stereocenters. The minimum absolute atomic E-state index is 0.185. The highest BCUT2D eigenvalue weighted by Crippen LogP contribution is 2.23. The Morgan fingerprint density at radius 2 is 2.43 bits per heavy atom. The fourth-order valence-electron chi connectivity index (χ4n) is 1.77. The molecule has 1 saturated carbocycles. The Kier molecular flexibility index (Phi) is 2.68. The number of carbonyl (C=O) groups is 1. The van der Waals surface area contributed by atoms with Crippen LogP contribution in [0.5, 0.6) is 0 Å². The summed E-state index contributed by atoms with van der Waals surface area (Å²) in [6.45, 7) is 0.533. The van der Waals surface area contributed by atoms with Crippen molar-refractivity contribution in [1.82, 2.24) is 9.88 Å². The number of nitrogens with one attached hydrogen (secondary N) is 1. The van der Waals surface area contributed by atoms with Crippen LogP contribution in [-0.4, -0.2) is 35.3 Å². The van der Waals surface area contributed by atoms with Crippen molar-refractivity contribution < 1.29 is 4.79 Å². The van der Waals surface area contributed by atoms with Crippen molar-refractivity contribution >= 4 is 5.78 Å². The molecular weight excluding hydrogens is 176 g/mol. The molecule has 0 aromatic carbocycles. The first-order chi connectivity index (χ1) is 6.77. The van der Waals surface area contributed by atoms with Gasteiger partial charge in [0.15, 0.2) is 5.78 Å². The highest BCUT2D eigenvalue weighted by molar-refractivity contribution is 5.95. The number of aromatic nitrogens is 1. The predicted octanol–water partition coefficient (Wildman–Crippen LogP) is 1.68. The van der Waals surface area contributed by atoms with Crippen LogP contribution in [0.3, 0.4) is 0 Å². The molecule has 0 spiro atoms. The van der Waals surface area contributed by atoms with Crippen molar-refractivity contribution in [3.8, 4) is 0 Å². The molecule has 1 aliphatic carbocycles. The standard InChI is InChI=1S/C11H16N2O/c1-13(9-4-2-5-9)8-11(14)10-6-3-7-12-10/h3,6-7,9,12H,2,4-5,8H2,1H3. The van der Waals surface area contributed by atoms with Crippen molar-refractivity contribution in [2.45, 2.75) is 25.3 Å². The lowest BCUT2D eigenvalue weighted by molar-refractivity contribution is 0.0866. The van der Waals surface area contributed by atoms with Crippen molar-refractivity contribution in [3.63, 3.8) is 0 Å². The van der Waals surface area contributed by atoms with Gasteiger partial charge in [0.1, 0.15) is 0 Å². The number of H-pyrrole nitrogens is 1. The van der Waals surface area contributed by atoms with Gasteiger partial charge in [-0.1, -0.05) is 6.42 Å². The average Bonchev–Trinajstić information content (AvgIpc) is 2.51. The van der Waals surface area contributed by atoms with Gasteiger partial charge in [0.25, 0.3) is 0 Å². The van der Waals surface area contributed by atoms with Gasteiger partial charge in [-0.15, -0.1) is 0 Å². The van der Waals surface area contributed by atoms with Crippen LogP contribution in [0, 0.1) is 0 Å². The number of aromatic amines is 1. The summed E-state index contributed by atoms with van der Waals surface area (Å²) in [4.78, 5) is 16.8. The summed E-state index contributed by atoms with van der Waals surface area (Å²) in [7, 11) is 2.03. The fourth-order valence-corrected chi connectivity index (χ4v) is 1.77. The first-order valence-corrected chi connectivity index (χ1v) is 5.14. The molecule has 1 aliphatic rings. The van der Waals surface area contributed by atoms with Gasteiger partial charge in [-0.25, -0.2) is 0 Å². The minimum Gasteiger partial charge on any atom is -0.359 e. The number of carbonyl (C=O) groups excluding carboxylic acids is 1. The van der Waals surface area contributed by atoms with Crippen LogP contribution in [0.1, 0.15) is 29.8 Å². The molecule has 3 heteroatoms. The number of hydrogen-bond acceptors (Lipinski definition) is 2. The number of nitrogens with zero attached hydrogens (tertiary/aromatic N) is 1. The van der Waals surface area contributed by atoms with E-state index in [2.05, 4.69) is 9.88 Å². The summed E-state index contributed by atoms with van der Waals surface area (Å²) < 4.78 is 0. The second kappa shape index (κ2) is 3.96. The third-order valence-corrected chi connectivity index (χ3v) is 2.99. The molecular formula is C11H16N2O. The van der Waals surface area contributed by atoms with Crippen LogP contribution in [0.25, 0.3) is 0 Å². The van der Waals surface area contributed by atoms with E-state index in [9.17, 15) is 4.79 Å². The van der Waals surface area contributed by atoms with E-state index < -0.39 is 0 Å². The molecule has 1 aromatic heterocycles. The summed E-state index contributed by atoms with van der Waals surface area (Å²) in [5.41, 5.74) is 0.719. The zero-order valence-corrected chi connectivity index (χ0v) is 8.49. The zero-order chi connectivity index (χ0) is 9.97. The lowest BCUT2D eigenvalue weighted by atomic mass is 9.92. The fraction of sp³-hybridized carbons (Fsp3) is 0.545. The summed E-state index contributed by atoms with van der Waals surface area (Å²) in [5.74, 6) is 0.185. The topological polar surface area (TPSA) is 36.1 Å². The number of hydrogen-bond donors (Lipinski definition) is 1. The highest BCUT2D eigenvalue weighted by atomic mass is 16.1. The first-order valence-electron chi connectivity index (χ1n) is 5.14. The van der Waals surface area contributed by atoms with Crippen molar-refractivity contribution in [3.05, 3.63) is 24.0 Å². The van der Waals surface area contributed by atoms with Gasteiger partial charge in [-0.3, -0.25) is 9.69 Å². The van der Waals surface area contributed by atoms with Crippen LogP contribution in [0.15, 0.2) is 18.3 Å². The van der Waals surface area contributed by atoms with E-state index in [0.717, 1.165) is 5.69 Å². The number of rotatable bonds is 4. The summed E-state index contributed by atoms with van der Waals surface area (Å²) in [6.07, 6.45) is 5.59. The van der Waals surface area contributed by atoms with Gasteiger partial charge in [0.05, 0.1) is 12.2 Å². The molecule has 1 N–H and O–H groups in total. The molecule has 0 aliphatic heterocycles. The molecule has 1 fully saturated rings. The molecule has 14 heavy (non-hydrogen) atoms. The van der Waals surface area contributed by atoms with E-state index in [0.29, 0.717) is 12.6 Å². The molecule has 3 nitrogen and oxygen atoms in total. The maximum Gasteiger partial charge on any atom is 0.192 e. The molecule has 1 aromatic rings. The summed E-state index contributed by atoms with van der Waals surface area (Å²) in [5, 5.41) is 0. The highest BCUT2D eigenvalue weighted by Gasteiger charge is 2.23. The molecule has 0 amide bonds. The van der Waals surface area contributed by atoms with E-state index in [1.807, 2.05) is 19.2 Å². The van der Waals surface area contributed by atoms with E-state index in [1.54, 1.807) is 6.20 Å². The van der Waals surface area contributed by atoms with Crippen molar-refractivity contribution in [2.75, 3.05) is 13.6 Å². The van der Waals surface area contributed by atoms with Crippen molar-refractivity contribution in [2.24, 2.45) is 0 Å². The largest absolute Gasteiger partial charge is 0.359 e. The number of likely N-dealkylation sites (N-methyl/N-ethyl adjacent to an activating group) is 1. The SMILES string of the molecule is CN(CC(=O)c1ccc[nH]1)C1CCC1. The Labute approximate surface area is 84.1 Å². The van der Waals surface area contributed by atoms with E-state index in [4.69, 9.17) is 0 Å². The third kappa shape index (κ3) is 1.87. The van der Waals surface area contributed by atoms with Gasteiger partial charge < -0.3 is 4.98 Å². The Morgan fingerprint density at radius 3 is 2.93 bits per heavy atom. The van der Waals surface area contributed by atoms with E-state index in [1.165, 1.54) is 19.3 Å². The Morgan fingerprint density at radius 1 is 1.64 bits per heavy atom. The molecule has 2 rings (SSSR count). The zero-order valence-electron chi connectivity index (χ0n) is 8.49. The van der Waals surface area contributed by atoms with Gasteiger partial charge in [0, 0.05) is 12.2 Å². The molecule has 0 atom stereocenters. The van der Waals surface area contributed by atoms with Gasteiger partial charge >= 0.3 is 0 Å². The maximum atomic E-state index is 11.7. The van der Waals surface area contributed by atoms with Crippen LogP contribution in [0.2, 0.25) is 0 Å². The Bertz CT molecular complexity index is 301. The van der Waals surface area contributed by atoms with Gasteiger partial charge in [0.2, 0.25) is 0 Å². The summed E-state index contributed by atoms with van der Waals surface area (Å²) >= 11 is 0. The van der Waals surface area contributed by atoms with Crippen LogP contribution in [0.4, 0.5) is 0 Å². The molecule has 1 heterocycles. The van der Waals surface area contributed by atoms with E-state index in [-0.39, 0.29) is 5.78 Å². The Hall–Kier alpha value is -1.09. The quantitative estimate of drug-likeness (QED) is 0.737. The first kappa shape index (κ1) is 9.46. The van der Waals surface area contributed by atoms with E-state index >= 15 is 0 Å². The smallest absolute Gasteiger partial charge is 0.192 e. The van der Waals surface area contributed by atoms with Gasteiger partial charge in [-0.05, 0) is 32.0 Å². The van der Waals surface area contributed by atoms with Crippen molar-refractivity contribution in [1.29, 1.82) is 0 Å². The lowest BCUT2D eigenvalue weighted by Gasteiger charge is -2.34. The number of Topliss-reactive ketones (excluding diaryl/α,β-unsaturated/α-hetero) is 1. The third-order valence-electron chi connectivity index (χ3n) is 2.99. The lowest BCUT2D eigenvalue weighted by Crippen LogP contribution is -2.40. The Balaban J connectivity index is 1.87. The van der Waals surface area contributed by atoms with Crippen LogP contribution >= 0.6 is 0 Å². The average molecular weight is 192 g/mol. The second-order valence-electron chi connectivity index (χ2n) is 4.01. The monoisotopic (exact) mass is 192 g/mol. The van der Waals surface area contributed by atoms with Gasteiger partial charge in [-0.2, -0.15) is 0 Å². The molecule has 0 saturated heterocycles.